The number of benzene rings is 2. The normalized spacial score (nSPS) is 17.2. The molecule has 0 bridgehead atoms. The van der Waals surface area contributed by atoms with Crippen molar-refractivity contribution in [2.75, 3.05) is 5.32 Å². The highest BCUT2D eigenvalue weighted by Crippen LogP contribution is 2.19. The molecule has 1 heterocycles. The van der Waals surface area contributed by atoms with Gasteiger partial charge >= 0.3 is 6.03 Å². The largest absolute Gasteiger partial charge is 0.326 e. The maximum Gasteiger partial charge on any atom is 0.322 e. The number of amides is 4. The lowest BCUT2D eigenvalue weighted by atomic mass is 10.1. The molecule has 2 aromatic rings. The van der Waals surface area contributed by atoms with E-state index in [0.717, 1.165) is 10.8 Å². The lowest BCUT2D eigenvalue weighted by molar-refractivity contribution is -0.120. The summed E-state index contributed by atoms with van der Waals surface area (Å²) in [5.41, 5.74) is 0.712. The zero-order valence-electron chi connectivity index (χ0n) is 11.8. The van der Waals surface area contributed by atoms with Crippen LogP contribution in [0.4, 0.5) is 10.5 Å². The third kappa shape index (κ3) is 3.06. The van der Waals surface area contributed by atoms with E-state index in [1.54, 1.807) is 0 Å². The van der Waals surface area contributed by atoms with Gasteiger partial charge in [0.25, 0.3) is 5.91 Å². The fraction of sp³-hybridized carbons (Fsp3) is 0.188. The van der Waals surface area contributed by atoms with Gasteiger partial charge in [-0.15, -0.1) is 0 Å². The molecule has 1 aliphatic rings. The number of carbonyl (C=O) groups excluding carboxylic acids is 3. The predicted octanol–water partition coefficient (Wildman–Crippen LogP) is 1.77. The fourth-order valence-electron chi connectivity index (χ4n) is 2.43. The van der Waals surface area contributed by atoms with Crippen LogP contribution in [0.1, 0.15) is 12.8 Å². The minimum absolute atomic E-state index is 0.158. The van der Waals surface area contributed by atoms with Crippen molar-refractivity contribution in [1.82, 2.24) is 10.6 Å². The van der Waals surface area contributed by atoms with Crippen molar-refractivity contribution in [3.63, 3.8) is 0 Å². The van der Waals surface area contributed by atoms with E-state index in [9.17, 15) is 14.4 Å². The summed E-state index contributed by atoms with van der Waals surface area (Å²) in [7, 11) is 0. The highest BCUT2D eigenvalue weighted by molar-refractivity contribution is 6.04. The molecule has 6 heteroatoms. The number of fused-ring (bicyclic) bond motifs is 1. The summed E-state index contributed by atoms with van der Waals surface area (Å²) in [6, 6.07) is 12.4. The lowest BCUT2D eigenvalue weighted by Gasteiger charge is -2.08. The van der Waals surface area contributed by atoms with Crippen LogP contribution in [0.2, 0.25) is 0 Å². The zero-order valence-corrected chi connectivity index (χ0v) is 11.8. The van der Waals surface area contributed by atoms with Crippen molar-refractivity contribution in [1.29, 1.82) is 0 Å². The van der Waals surface area contributed by atoms with Crippen molar-refractivity contribution in [2.45, 2.75) is 18.9 Å². The van der Waals surface area contributed by atoms with Crippen LogP contribution in [0.5, 0.6) is 0 Å². The van der Waals surface area contributed by atoms with Crippen LogP contribution in [0, 0.1) is 0 Å². The van der Waals surface area contributed by atoms with Gasteiger partial charge in [-0.25, -0.2) is 4.79 Å². The van der Waals surface area contributed by atoms with Gasteiger partial charge in [0.2, 0.25) is 5.91 Å². The highest BCUT2D eigenvalue weighted by atomic mass is 16.2. The topological polar surface area (TPSA) is 87.3 Å². The smallest absolute Gasteiger partial charge is 0.322 e. The van der Waals surface area contributed by atoms with E-state index in [0.29, 0.717) is 5.69 Å². The van der Waals surface area contributed by atoms with Crippen molar-refractivity contribution in [3.05, 3.63) is 42.5 Å². The Labute approximate surface area is 126 Å². The third-order valence-corrected chi connectivity index (χ3v) is 3.55. The molecule has 1 aliphatic heterocycles. The van der Waals surface area contributed by atoms with Gasteiger partial charge < -0.3 is 10.6 Å². The van der Waals surface area contributed by atoms with Gasteiger partial charge in [0.1, 0.15) is 6.04 Å². The van der Waals surface area contributed by atoms with Gasteiger partial charge in [-0.05, 0) is 29.3 Å². The Morgan fingerprint density at radius 3 is 2.59 bits per heavy atom. The molecular weight excluding hydrogens is 282 g/mol. The summed E-state index contributed by atoms with van der Waals surface area (Å²) in [6.45, 7) is 0. The van der Waals surface area contributed by atoms with Crippen molar-refractivity contribution in [3.8, 4) is 0 Å². The van der Waals surface area contributed by atoms with E-state index in [1.165, 1.54) is 0 Å². The number of hydrogen-bond donors (Lipinski definition) is 3. The second kappa shape index (κ2) is 5.85. The van der Waals surface area contributed by atoms with Gasteiger partial charge in [-0.1, -0.05) is 30.3 Å². The molecule has 1 fully saturated rings. The molecule has 2 aromatic carbocycles. The molecule has 0 saturated carbocycles. The Morgan fingerprint density at radius 2 is 1.86 bits per heavy atom. The number of rotatable bonds is 4. The van der Waals surface area contributed by atoms with Crippen LogP contribution in [0.15, 0.2) is 42.5 Å². The molecule has 6 nitrogen and oxygen atoms in total. The van der Waals surface area contributed by atoms with E-state index in [4.69, 9.17) is 0 Å². The molecule has 1 unspecified atom stereocenters. The Kier molecular flexibility index (Phi) is 3.74. The lowest BCUT2D eigenvalue weighted by Crippen LogP contribution is -2.30. The average molecular weight is 297 g/mol. The van der Waals surface area contributed by atoms with Gasteiger partial charge in [-0.3, -0.25) is 14.9 Å². The molecule has 1 saturated heterocycles. The van der Waals surface area contributed by atoms with Gasteiger partial charge in [0.15, 0.2) is 0 Å². The van der Waals surface area contributed by atoms with E-state index in [1.807, 2.05) is 42.5 Å². The summed E-state index contributed by atoms with van der Waals surface area (Å²) in [4.78, 5) is 34.3. The molecule has 0 spiro atoms. The molecule has 112 valence electrons. The maximum absolute atomic E-state index is 11.9. The van der Waals surface area contributed by atoms with E-state index in [-0.39, 0.29) is 24.7 Å². The number of anilines is 1. The summed E-state index contributed by atoms with van der Waals surface area (Å²) >= 11 is 0. The van der Waals surface area contributed by atoms with Gasteiger partial charge in [0, 0.05) is 12.1 Å². The summed E-state index contributed by atoms with van der Waals surface area (Å²) in [5.74, 6) is -0.576. The summed E-state index contributed by atoms with van der Waals surface area (Å²) < 4.78 is 0. The first kappa shape index (κ1) is 14.1. The van der Waals surface area contributed by atoms with Crippen LogP contribution in [-0.2, 0) is 9.59 Å². The Hall–Kier alpha value is -2.89. The first-order valence-corrected chi connectivity index (χ1v) is 7.02. The SMILES string of the molecule is O=C(CCC1NC(=O)NC1=O)Nc1ccc2ccccc2c1. The molecule has 22 heavy (non-hydrogen) atoms. The second-order valence-corrected chi connectivity index (χ2v) is 5.16. The number of carbonyl (C=O) groups is 3. The van der Waals surface area contributed by atoms with E-state index < -0.39 is 12.1 Å². The van der Waals surface area contributed by atoms with Crippen LogP contribution in [-0.4, -0.2) is 23.9 Å². The van der Waals surface area contributed by atoms with Crippen molar-refractivity contribution in [2.24, 2.45) is 0 Å². The zero-order chi connectivity index (χ0) is 15.5. The Balaban J connectivity index is 1.58. The highest BCUT2D eigenvalue weighted by Gasteiger charge is 2.29. The van der Waals surface area contributed by atoms with E-state index >= 15 is 0 Å². The van der Waals surface area contributed by atoms with Crippen LogP contribution in [0.25, 0.3) is 10.8 Å². The minimum Gasteiger partial charge on any atom is -0.326 e. The molecule has 0 aromatic heterocycles. The van der Waals surface area contributed by atoms with Gasteiger partial charge in [-0.2, -0.15) is 0 Å². The van der Waals surface area contributed by atoms with Crippen molar-refractivity contribution >= 4 is 34.3 Å². The number of nitrogens with one attached hydrogen (secondary N) is 3. The monoisotopic (exact) mass is 297 g/mol. The number of urea groups is 1. The quantitative estimate of drug-likeness (QED) is 0.752. The van der Waals surface area contributed by atoms with Crippen LogP contribution < -0.4 is 16.0 Å². The molecular formula is C16H15N3O3. The Bertz CT molecular complexity index is 757. The average Bonchev–Trinajstić information content (AvgIpc) is 2.83. The Morgan fingerprint density at radius 1 is 1.09 bits per heavy atom. The molecule has 3 rings (SSSR count). The predicted molar refractivity (Wildman–Crippen MR) is 82.3 cm³/mol. The summed E-state index contributed by atoms with van der Waals surface area (Å²) in [5, 5.41) is 9.55. The summed E-state index contributed by atoms with van der Waals surface area (Å²) in [6.07, 6.45) is 0.433. The molecule has 0 radical (unpaired) electrons. The van der Waals surface area contributed by atoms with Crippen LogP contribution >= 0.6 is 0 Å². The number of hydrogen-bond acceptors (Lipinski definition) is 3. The fourth-order valence-corrected chi connectivity index (χ4v) is 2.43. The van der Waals surface area contributed by atoms with Crippen LogP contribution in [0.3, 0.4) is 0 Å². The first-order valence-electron chi connectivity index (χ1n) is 7.02. The maximum atomic E-state index is 11.9. The van der Waals surface area contributed by atoms with Gasteiger partial charge in [0.05, 0.1) is 0 Å². The third-order valence-electron chi connectivity index (χ3n) is 3.55. The first-order chi connectivity index (χ1) is 10.6. The molecule has 0 aliphatic carbocycles. The molecule has 4 amide bonds. The minimum atomic E-state index is -0.630. The van der Waals surface area contributed by atoms with E-state index in [2.05, 4.69) is 16.0 Å². The number of imide groups is 1. The second-order valence-electron chi connectivity index (χ2n) is 5.16. The molecule has 1 atom stereocenters. The van der Waals surface area contributed by atoms with Crippen molar-refractivity contribution < 1.29 is 14.4 Å². The standard InChI is InChI=1S/C16H15N3O3/c20-14(8-7-13-15(21)19-16(22)18-13)17-12-6-5-10-3-1-2-4-11(10)9-12/h1-6,9,13H,7-8H2,(H,17,20)(H2,18,19,21,22). The molecule has 3 N–H and O–H groups in total.